The van der Waals surface area contributed by atoms with Crippen LogP contribution in [0, 0.1) is 0 Å². The average Bonchev–Trinajstić information content (AvgIpc) is 2.38. The predicted molar refractivity (Wildman–Crippen MR) is 80.8 cm³/mol. The van der Waals surface area contributed by atoms with Gasteiger partial charge in [-0.2, -0.15) is 0 Å². The molecule has 2 rings (SSSR count). The monoisotopic (exact) mass is 262 g/mol. The van der Waals surface area contributed by atoms with Gasteiger partial charge >= 0.3 is 0 Å². The first-order valence-corrected chi connectivity index (χ1v) is 7.34. The largest absolute Gasteiger partial charge is 0.372 e. The molecule has 1 aromatic rings. The molecular formula is C16H26N2O. The fourth-order valence-corrected chi connectivity index (χ4v) is 2.93. The molecule has 106 valence electrons. The number of nitrogens with zero attached hydrogens (tertiary/aromatic N) is 1. The second kappa shape index (κ2) is 6.40. The molecular weight excluding hydrogens is 236 g/mol. The van der Waals surface area contributed by atoms with E-state index >= 15 is 0 Å². The first-order chi connectivity index (χ1) is 9.11. The molecule has 3 heteroatoms. The van der Waals surface area contributed by atoms with Crippen LogP contribution < -0.4 is 10.2 Å². The smallest absolute Gasteiger partial charge is 0.0726 e. The molecule has 3 unspecified atom stereocenters. The number of para-hydroxylation sites is 1. The van der Waals surface area contributed by atoms with Crippen LogP contribution in [0.15, 0.2) is 24.3 Å². The molecule has 0 aliphatic carbocycles. The van der Waals surface area contributed by atoms with Crippen LogP contribution in [-0.4, -0.2) is 31.8 Å². The second-order valence-electron chi connectivity index (χ2n) is 5.50. The maximum atomic E-state index is 5.83. The van der Waals surface area contributed by atoms with Gasteiger partial charge in [-0.15, -0.1) is 0 Å². The van der Waals surface area contributed by atoms with Crippen molar-refractivity contribution >= 4 is 5.69 Å². The van der Waals surface area contributed by atoms with Crippen LogP contribution in [0.25, 0.3) is 0 Å². The topological polar surface area (TPSA) is 24.5 Å². The summed E-state index contributed by atoms with van der Waals surface area (Å²) in [6.07, 6.45) is 0.595. The number of hydrogen-bond donors (Lipinski definition) is 1. The van der Waals surface area contributed by atoms with Crippen LogP contribution in [0.1, 0.15) is 39.3 Å². The Hall–Kier alpha value is -1.06. The minimum atomic E-state index is 0.297. The van der Waals surface area contributed by atoms with E-state index in [1.54, 1.807) is 0 Å². The van der Waals surface area contributed by atoms with E-state index in [0.29, 0.717) is 18.2 Å². The van der Waals surface area contributed by atoms with Crippen molar-refractivity contribution in [3.8, 4) is 0 Å². The number of morpholine rings is 1. The van der Waals surface area contributed by atoms with Gasteiger partial charge in [-0.25, -0.2) is 0 Å². The Labute approximate surface area is 116 Å². The maximum absolute atomic E-state index is 5.83. The minimum absolute atomic E-state index is 0.297. The highest BCUT2D eigenvalue weighted by atomic mass is 16.5. The number of benzene rings is 1. The molecule has 1 fully saturated rings. The van der Waals surface area contributed by atoms with E-state index in [9.17, 15) is 0 Å². The molecule has 3 atom stereocenters. The summed E-state index contributed by atoms with van der Waals surface area (Å²) in [6.45, 7) is 11.6. The first kappa shape index (κ1) is 14.4. The van der Waals surface area contributed by atoms with Crippen molar-refractivity contribution in [1.82, 2.24) is 5.32 Å². The molecule has 0 spiro atoms. The summed E-state index contributed by atoms with van der Waals surface area (Å²) in [4.78, 5) is 2.46. The standard InChI is InChI=1S/C16H26N2O/c1-5-17-14(4)15-8-6-7-9-16(15)18-10-12(2)19-13(3)11-18/h6-9,12-14,17H,5,10-11H2,1-4H3. The van der Waals surface area contributed by atoms with E-state index in [1.807, 2.05) is 0 Å². The van der Waals surface area contributed by atoms with Gasteiger partial charge in [-0.3, -0.25) is 0 Å². The van der Waals surface area contributed by atoms with Gasteiger partial charge < -0.3 is 15.0 Å². The SMILES string of the molecule is CCNC(C)c1ccccc1N1CC(C)OC(C)C1. The van der Waals surface area contributed by atoms with Gasteiger partial charge in [0.1, 0.15) is 0 Å². The summed E-state index contributed by atoms with van der Waals surface area (Å²) in [5.74, 6) is 0. The molecule has 1 aliphatic rings. The zero-order valence-corrected chi connectivity index (χ0v) is 12.5. The summed E-state index contributed by atoms with van der Waals surface area (Å²) in [6, 6.07) is 9.10. The Morgan fingerprint density at radius 2 is 1.89 bits per heavy atom. The van der Waals surface area contributed by atoms with Crippen molar-refractivity contribution in [2.24, 2.45) is 0 Å². The lowest BCUT2D eigenvalue weighted by Crippen LogP contribution is -2.46. The van der Waals surface area contributed by atoms with Crippen molar-refractivity contribution in [3.63, 3.8) is 0 Å². The average molecular weight is 262 g/mol. The van der Waals surface area contributed by atoms with Crippen molar-refractivity contribution < 1.29 is 4.74 Å². The van der Waals surface area contributed by atoms with Gasteiger partial charge in [-0.05, 0) is 38.9 Å². The van der Waals surface area contributed by atoms with E-state index < -0.39 is 0 Å². The van der Waals surface area contributed by atoms with Gasteiger partial charge in [0.15, 0.2) is 0 Å². The quantitative estimate of drug-likeness (QED) is 0.903. The molecule has 0 aromatic heterocycles. The first-order valence-electron chi connectivity index (χ1n) is 7.34. The lowest BCUT2D eigenvalue weighted by molar-refractivity contribution is -0.00528. The molecule has 0 radical (unpaired) electrons. The molecule has 1 aliphatic heterocycles. The highest BCUT2D eigenvalue weighted by Gasteiger charge is 2.24. The van der Waals surface area contributed by atoms with Crippen molar-refractivity contribution in [3.05, 3.63) is 29.8 Å². The van der Waals surface area contributed by atoms with Crippen molar-refractivity contribution in [2.75, 3.05) is 24.5 Å². The Kier molecular flexibility index (Phi) is 4.83. The van der Waals surface area contributed by atoms with Gasteiger partial charge in [0.2, 0.25) is 0 Å². The molecule has 0 saturated carbocycles. The normalized spacial score (nSPS) is 25.4. The fourth-order valence-electron chi connectivity index (χ4n) is 2.93. The van der Waals surface area contributed by atoms with Gasteiger partial charge in [0.25, 0.3) is 0 Å². The highest BCUT2D eigenvalue weighted by Crippen LogP contribution is 2.28. The van der Waals surface area contributed by atoms with Crippen molar-refractivity contribution in [1.29, 1.82) is 0 Å². The second-order valence-corrected chi connectivity index (χ2v) is 5.50. The van der Waals surface area contributed by atoms with E-state index in [-0.39, 0.29) is 0 Å². The number of rotatable bonds is 4. The molecule has 1 aromatic carbocycles. The highest BCUT2D eigenvalue weighted by molar-refractivity contribution is 5.55. The fraction of sp³-hybridized carbons (Fsp3) is 0.625. The predicted octanol–water partition coefficient (Wildman–Crippen LogP) is 2.97. The molecule has 3 nitrogen and oxygen atoms in total. The third-order valence-corrected chi connectivity index (χ3v) is 3.67. The molecule has 19 heavy (non-hydrogen) atoms. The number of anilines is 1. The van der Waals surface area contributed by atoms with Crippen LogP contribution >= 0.6 is 0 Å². The van der Waals surface area contributed by atoms with Crippen molar-refractivity contribution in [2.45, 2.75) is 45.9 Å². The van der Waals surface area contributed by atoms with E-state index in [1.165, 1.54) is 11.3 Å². The molecule has 0 amide bonds. The van der Waals surface area contributed by atoms with Crippen LogP contribution in [-0.2, 0) is 4.74 Å². The number of nitrogens with one attached hydrogen (secondary N) is 1. The van der Waals surface area contributed by atoms with E-state index in [2.05, 4.69) is 62.2 Å². The Balaban J connectivity index is 2.23. The van der Waals surface area contributed by atoms with Gasteiger partial charge in [0.05, 0.1) is 12.2 Å². The zero-order valence-electron chi connectivity index (χ0n) is 12.5. The van der Waals surface area contributed by atoms with Crippen LogP contribution in [0.5, 0.6) is 0 Å². The zero-order chi connectivity index (χ0) is 13.8. The lowest BCUT2D eigenvalue weighted by Gasteiger charge is -2.38. The summed E-state index contributed by atoms with van der Waals surface area (Å²) in [5.41, 5.74) is 2.73. The lowest BCUT2D eigenvalue weighted by atomic mass is 10.0. The van der Waals surface area contributed by atoms with Crippen LogP contribution in [0.4, 0.5) is 5.69 Å². The Bertz CT molecular complexity index is 397. The molecule has 1 saturated heterocycles. The molecule has 1 heterocycles. The number of ether oxygens (including phenoxy) is 1. The summed E-state index contributed by atoms with van der Waals surface area (Å²) in [7, 11) is 0. The minimum Gasteiger partial charge on any atom is -0.372 e. The summed E-state index contributed by atoms with van der Waals surface area (Å²) < 4.78 is 5.83. The van der Waals surface area contributed by atoms with Crippen LogP contribution in [0.3, 0.4) is 0 Å². The van der Waals surface area contributed by atoms with Gasteiger partial charge in [0, 0.05) is 24.8 Å². The van der Waals surface area contributed by atoms with Gasteiger partial charge in [-0.1, -0.05) is 25.1 Å². The van der Waals surface area contributed by atoms with E-state index in [0.717, 1.165) is 19.6 Å². The summed E-state index contributed by atoms with van der Waals surface area (Å²) >= 11 is 0. The third kappa shape index (κ3) is 3.48. The van der Waals surface area contributed by atoms with E-state index in [4.69, 9.17) is 4.74 Å². The number of hydrogen-bond acceptors (Lipinski definition) is 3. The van der Waals surface area contributed by atoms with Crippen LogP contribution in [0.2, 0.25) is 0 Å². The Morgan fingerprint density at radius 3 is 2.53 bits per heavy atom. The maximum Gasteiger partial charge on any atom is 0.0726 e. The Morgan fingerprint density at radius 1 is 1.26 bits per heavy atom. The summed E-state index contributed by atoms with van der Waals surface area (Å²) in [5, 5.41) is 3.51. The molecule has 0 bridgehead atoms. The third-order valence-electron chi connectivity index (χ3n) is 3.67. The molecule has 1 N–H and O–H groups in total.